The fourth-order valence-electron chi connectivity index (χ4n) is 1.87. The summed E-state index contributed by atoms with van der Waals surface area (Å²) in [5, 5.41) is 2.73. The Morgan fingerprint density at radius 2 is 1.67 bits per heavy atom. The third-order valence-electron chi connectivity index (χ3n) is 2.87. The van der Waals surface area contributed by atoms with E-state index in [-0.39, 0.29) is 11.7 Å². The van der Waals surface area contributed by atoms with E-state index in [1.165, 1.54) is 6.92 Å². The monoisotopic (exact) mass is 299 g/mol. The molecule has 2 rings (SSSR count). The van der Waals surface area contributed by atoms with Gasteiger partial charge in [-0.2, -0.15) is 0 Å². The zero-order valence-electron chi connectivity index (χ0n) is 11.8. The lowest BCUT2D eigenvalue weighted by Gasteiger charge is -2.04. The van der Waals surface area contributed by atoms with Gasteiger partial charge in [-0.05, 0) is 24.3 Å². The first kappa shape index (κ1) is 15.3. The zero-order valence-corrected chi connectivity index (χ0v) is 12.7. The standard InChI is InChI=1S/C17H17NO2S/c1-13(19)18-15-7-9-16(10-8-15)21-12-11-17(20)14-5-3-2-4-6-14/h2-10H,11-12H2,1H3,(H,18,19). The fourth-order valence-corrected chi connectivity index (χ4v) is 2.72. The first-order chi connectivity index (χ1) is 10.1. The van der Waals surface area contributed by atoms with Crippen LogP contribution in [0.3, 0.4) is 0 Å². The number of carbonyl (C=O) groups excluding carboxylic acids is 2. The van der Waals surface area contributed by atoms with E-state index in [9.17, 15) is 9.59 Å². The first-order valence-corrected chi connectivity index (χ1v) is 7.72. The molecule has 0 saturated heterocycles. The molecule has 0 unspecified atom stereocenters. The topological polar surface area (TPSA) is 46.2 Å². The van der Waals surface area contributed by atoms with Crippen LogP contribution >= 0.6 is 11.8 Å². The molecule has 0 aliphatic rings. The van der Waals surface area contributed by atoms with Crippen molar-refractivity contribution < 1.29 is 9.59 Å². The van der Waals surface area contributed by atoms with Crippen LogP contribution in [0.4, 0.5) is 5.69 Å². The van der Waals surface area contributed by atoms with Crippen LogP contribution < -0.4 is 5.32 Å². The SMILES string of the molecule is CC(=O)Nc1ccc(SCCC(=O)c2ccccc2)cc1. The van der Waals surface area contributed by atoms with Crippen LogP contribution in [0, 0.1) is 0 Å². The quantitative estimate of drug-likeness (QED) is 0.647. The minimum atomic E-state index is -0.0798. The molecule has 0 atom stereocenters. The van der Waals surface area contributed by atoms with E-state index in [0.717, 1.165) is 21.9 Å². The van der Waals surface area contributed by atoms with Gasteiger partial charge < -0.3 is 5.32 Å². The van der Waals surface area contributed by atoms with Crippen molar-refractivity contribution in [3.63, 3.8) is 0 Å². The van der Waals surface area contributed by atoms with Crippen LogP contribution in [0.25, 0.3) is 0 Å². The molecule has 108 valence electrons. The van der Waals surface area contributed by atoms with Crippen molar-refractivity contribution in [2.75, 3.05) is 11.1 Å². The summed E-state index contributed by atoms with van der Waals surface area (Å²) in [6, 6.07) is 17.0. The van der Waals surface area contributed by atoms with Gasteiger partial charge in [0.15, 0.2) is 5.78 Å². The largest absolute Gasteiger partial charge is 0.326 e. The third-order valence-corrected chi connectivity index (χ3v) is 3.88. The Hall–Kier alpha value is -2.07. The summed E-state index contributed by atoms with van der Waals surface area (Å²) in [7, 11) is 0. The number of anilines is 1. The lowest BCUT2D eigenvalue weighted by atomic mass is 10.1. The Labute approximate surface area is 128 Å². The highest BCUT2D eigenvalue weighted by molar-refractivity contribution is 7.99. The molecular formula is C17H17NO2S. The molecule has 0 fully saturated rings. The molecule has 0 saturated carbocycles. The molecule has 0 aliphatic carbocycles. The highest BCUT2D eigenvalue weighted by atomic mass is 32.2. The summed E-state index contributed by atoms with van der Waals surface area (Å²) in [6.07, 6.45) is 0.516. The summed E-state index contributed by atoms with van der Waals surface area (Å²) in [4.78, 5) is 24.0. The van der Waals surface area contributed by atoms with Crippen molar-refractivity contribution in [2.45, 2.75) is 18.2 Å². The molecule has 1 N–H and O–H groups in total. The van der Waals surface area contributed by atoms with Gasteiger partial charge in [-0.25, -0.2) is 0 Å². The van der Waals surface area contributed by atoms with Crippen LogP contribution in [0.2, 0.25) is 0 Å². The molecule has 2 aromatic rings. The third kappa shape index (κ3) is 5.08. The number of rotatable bonds is 6. The first-order valence-electron chi connectivity index (χ1n) is 6.74. The van der Waals surface area contributed by atoms with E-state index in [1.54, 1.807) is 11.8 Å². The number of hydrogen-bond acceptors (Lipinski definition) is 3. The van der Waals surface area contributed by atoms with Crippen LogP contribution in [0.5, 0.6) is 0 Å². The van der Waals surface area contributed by atoms with Gasteiger partial charge in [-0.3, -0.25) is 9.59 Å². The molecule has 0 aromatic heterocycles. The Bertz CT molecular complexity index is 608. The summed E-state index contributed by atoms with van der Waals surface area (Å²) in [5.41, 5.74) is 1.55. The van der Waals surface area contributed by atoms with Gasteiger partial charge in [0.2, 0.25) is 5.91 Å². The van der Waals surface area contributed by atoms with E-state index in [1.807, 2.05) is 54.6 Å². The average molecular weight is 299 g/mol. The van der Waals surface area contributed by atoms with E-state index < -0.39 is 0 Å². The maximum atomic E-state index is 11.9. The van der Waals surface area contributed by atoms with E-state index in [2.05, 4.69) is 5.32 Å². The second-order valence-corrected chi connectivity index (χ2v) is 5.76. The molecule has 0 radical (unpaired) electrons. The number of thioether (sulfide) groups is 1. The number of carbonyl (C=O) groups is 2. The maximum absolute atomic E-state index is 11.9. The second-order valence-electron chi connectivity index (χ2n) is 4.59. The van der Waals surface area contributed by atoms with Gasteiger partial charge in [0.05, 0.1) is 0 Å². The van der Waals surface area contributed by atoms with Crippen molar-refractivity contribution >= 4 is 29.1 Å². The van der Waals surface area contributed by atoms with E-state index in [0.29, 0.717) is 6.42 Å². The minimum absolute atomic E-state index is 0.0798. The van der Waals surface area contributed by atoms with Gasteiger partial charge >= 0.3 is 0 Å². The Balaban J connectivity index is 1.81. The molecule has 4 heteroatoms. The van der Waals surface area contributed by atoms with Gasteiger partial charge in [0.25, 0.3) is 0 Å². The van der Waals surface area contributed by atoms with Crippen molar-refractivity contribution in [2.24, 2.45) is 0 Å². The van der Waals surface area contributed by atoms with Gasteiger partial charge in [0, 0.05) is 35.2 Å². The maximum Gasteiger partial charge on any atom is 0.221 e. The molecule has 0 spiro atoms. The molecule has 0 aliphatic heterocycles. The van der Waals surface area contributed by atoms with Crippen molar-refractivity contribution in [1.29, 1.82) is 0 Å². The number of hydrogen-bond donors (Lipinski definition) is 1. The number of Topliss-reactive ketones (excluding diaryl/α,β-unsaturated/α-hetero) is 1. The Kier molecular flexibility index (Phi) is 5.58. The van der Waals surface area contributed by atoms with Crippen LogP contribution in [-0.4, -0.2) is 17.4 Å². The number of nitrogens with one attached hydrogen (secondary N) is 1. The Morgan fingerprint density at radius 1 is 1.00 bits per heavy atom. The fraction of sp³-hybridized carbons (Fsp3) is 0.176. The van der Waals surface area contributed by atoms with Gasteiger partial charge in [-0.1, -0.05) is 30.3 Å². The lowest BCUT2D eigenvalue weighted by molar-refractivity contribution is -0.114. The molecule has 1 amide bonds. The number of ketones is 1. The molecular weight excluding hydrogens is 282 g/mol. The van der Waals surface area contributed by atoms with Crippen molar-refractivity contribution in [3.8, 4) is 0 Å². The minimum Gasteiger partial charge on any atom is -0.326 e. The molecule has 2 aromatic carbocycles. The Morgan fingerprint density at radius 3 is 2.29 bits per heavy atom. The van der Waals surface area contributed by atoms with Gasteiger partial charge in [-0.15, -0.1) is 11.8 Å². The predicted molar refractivity (Wildman–Crippen MR) is 86.9 cm³/mol. The lowest BCUT2D eigenvalue weighted by Crippen LogP contribution is -2.05. The van der Waals surface area contributed by atoms with Crippen molar-refractivity contribution in [1.82, 2.24) is 0 Å². The number of amides is 1. The highest BCUT2D eigenvalue weighted by Crippen LogP contribution is 2.21. The predicted octanol–water partition coefficient (Wildman–Crippen LogP) is 4.01. The summed E-state index contributed by atoms with van der Waals surface area (Å²) in [5.74, 6) is 0.828. The van der Waals surface area contributed by atoms with Gasteiger partial charge in [0.1, 0.15) is 0 Å². The molecule has 0 bridgehead atoms. The van der Waals surface area contributed by atoms with Crippen LogP contribution in [0.1, 0.15) is 23.7 Å². The van der Waals surface area contributed by atoms with E-state index in [4.69, 9.17) is 0 Å². The molecule has 0 heterocycles. The second kappa shape index (κ2) is 7.64. The highest BCUT2D eigenvalue weighted by Gasteiger charge is 2.05. The average Bonchev–Trinajstić information content (AvgIpc) is 2.49. The summed E-state index contributed by atoms with van der Waals surface area (Å²) >= 11 is 1.64. The molecule has 21 heavy (non-hydrogen) atoms. The summed E-state index contributed by atoms with van der Waals surface area (Å²) in [6.45, 7) is 1.48. The van der Waals surface area contributed by atoms with E-state index >= 15 is 0 Å². The van der Waals surface area contributed by atoms with Crippen LogP contribution in [-0.2, 0) is 4.79 Å². The summed E-state index contributed by atoms with van der Waals surface area (Å²) < 4.78 is 0. The smallest absolute Gasteiger partial charge is 0.221 e. The zero-order chi connectivity index (χ0) is 15.1. The molecule has 3 nitrogen and oxygen atoms in total. The van der Waals surface area contributed by atoms with Crippen molar-refractivity contribution in [3.05, 3.63) is 60.2 Å². The normalized spacial score (nSPS) is 10.1. The van der Waals surface area contributed by atoms with Crippen LogP contribution in [0.15, 0.2) is 59.5 Å². The number of benzene rings is 2.